The zero-order chi connectivity index (χ0) is 15.5. The summed E-state index contributed by atoms with van der Waals surface area (Å²) >= 11 is 0. The largest absolute Gasteiger partial charge is 0.493 e. The first kappa shape index (κ1) is 16.3. The SMILES string of the molecule is CC(C)COCc1ccc([C@@]2(C)CO2)c(OCC(C)C)c1. The summed E-state index contributed by atoms with van der Waals surface area (Å²) in [5.74, 6) is 2.00. The van der Waals surface area contributed by atoms with Gasteiger partial charge in [-0.3, -0.25) is 0 Å². The Hall–Kier alpha value is -1.06. The molecule has 3 nitrogen and oxygen atoms in total. The van der Waals surface area contributed by atoms with Gasteiger partial charge in [0.15, 0.2) is 0 Å². The van der Waals surface area contributed by atoms with Crippen LogP contribution in [0.25, 0.3) is 0 Å². The Kier molecular flexibility index (Phi) is 5.28. The second-order valence-electron chi connectivity index (χ2n) is 6.96. The van der Waals surface area contributed by atoms with Gasteiger partial charge in [-0.25, -0.2) is 0 Å². The molecule has 1 saturated heterocycles. The smallest absolute Gasteiger partial charge is 0.125 e. The van der Waals surface area contributed by atoms with Crippen LogP contribution in [0.2, 0.25) is 0 Å². The highest BCUT2D eigenvalue weighted by Gasteiger charge is 2.43. The molecular weight excluding hydrogens is 264 g/mol. The Balaban J connectivity index is 2.08. The number of benzene rings is 1. The van der Waals surface area contributed by atoms with Crippen LogP contribution in [-0.2, 0) is 21.7 Å². The molecule has 1 aliphatic rings. The van der Waals surface area contributed by atoms with Crippen LogP contribution in [0.5, 0.6) is 5.75 Å². The van der Waals surface area contributed by atoms with Crippen molar-refractivity contribution in [1.82, 2.24) is 0 Å². The van der Waals surface area contributed by atoms with Crippen LogP contribution in [0.1, 0.15) is 45.7 Å². The van der Waals surface area contributed by atoms with Crippen LogP contribution >= 0.6 is 0 Å². The Bertz CT molecular complexity index is 462. The number of hydrogen-bond donors (Lipinski definition) is 0. The summed E-state index contributed by atoms with van der Waals surface area (Å²) in [6.45, 7) is 13.7. The summed E-state index contributed by atoms with van der Waals surface area (Å²) in [6, 6.07) is 6.34. The molecule has 1 aliphatic heterocycles. The minimum atomic E-state index is -0.163. The molecule has 1 fully saturated rings. The average molecular weight is 292 g/mol. The standard InChI is InChI=1S/C18H28O3/c1-13(2)9-19-11-15-6-7-16(18(5)12-21-18)17(8-15)20-10-14(3)4/h6-8,13-14H,9-12H2,1-5H3/t18-/m1/s1. The monoisotopic (exact) mass is 292 g/mol. The Labute approximate surface area is 128 Å². The first-order valence-electron chi connectivity index (χ1n) is 7.88. The van der Waals surface area contributed by atoms with E-state index in [0.29, 0.717) is 18.4 Å². The van der Waals surface area contributed by atoms with E-state index in [2.05, 4.69) is 52.8 Å². The van der Waals surface area contributed by atoms with Crippen molar-refractivity contribution in [2.75, 3.05) is 19.8 Å². The van der Waals surface area contributed by atoms with E-state index in [1.807, 2.05) is 0 Å². The van der Waals surface area contributed by atoms with Crippen molar-refractivity contribution in [3.05, 3.63) is 29.3 Å². The van der Waals surface area contributed by atoms with Crippen molar-refractivity contribution < 1.29 is 14.2 Å². The fourth-order valence-electron chi connectivity index (χ4n) is 2.15. The third-order valence-corrected chi connectivity index (χ3v) is 3.49. The van der Waals surface area contributed by atoms with Gasteiger partial charge in [0, 0.05) is 12.2 Å². The Morgan fingerprint density at radius 3 is 2.38 bits per heavy atom. The third-order valence-electron chi connectivity index (χ3n) is 3.49. The molecule has 0 radical (unpaired) electrons. The second kappa shape index (κ2) is 6.80. The molecular formula is C18H28O3. The summed E-state index contributed by atoms with van der Waals surface area (Å²) < 4.78 is 17.3. The molecule has 0 unspecified atom stereocenters. The summed E-state index contributed by atoms with van der Waals surface area (Å²) in [4.78, 5) is 0. The minimum absolute atomic E-state index is 0.163. The van der Waals surface area contributed by atoms with E-state index in [1.54, 1.807) is 0 Å². The van der Waals surface area contributed by atoms with Gasteiger partial charge in [-0.2, -0.15) is 0 Å². The number of ether oxygens (including phenoxy) is 3. The van der Waals surface area contributed by atoms with Crippen LogP contribution in [0.15, 0.2) is 18.2 Å². The number of hydrogen-bond acceptors (Lipinski definition) is 3. The van der Waals surface area contributed by atoms with Crippen molar-refractivity contribution in [2.45, 2.75) is 46.8 Å². The summed E-state index contributed by atoms with van der Waals surface area (Å²) in [5, 5.41) is 0. The van der Waals surface area contributed by atoms with Crippen molar-refractivity contribution >= 4 is 0 Å². The maximum Gasteiger partial charge on any atom is 0.125 e. The van der Waals surface area contributed by atoms with Gasteiger partial charge in [0.25, 0.3) is 0 Å². The zero-order valence-electron chi connectivity index (χ0n) is 13.9. The first-order chi connectivity index (χ1) is 9.90. The van der Waals surface area contributed by atoms with E-state index < -0.39 is 0 Å². The van der Waals surface area contributed by atoms with Crippen LogP contribution in [0.3, 0.4) is 0 Å². The van der Waals surface area contributed by atoms with Crippen LogP contribution < -0.4 is 4.74 Å². The molecule has 118 valence electrons. The van der Waals surface area contributed by atoms with Crippen LogP contribution in [0, 0.1) is 11.8 Å². The highest BCUT2D eigenvalue weighted by molar-refractivity contribution is 5.43. The zero-order valence-corrected chi connectivity index (χ0v) is 13.9. The quantitative estimate of drug-likeness (QED) is 0.675. The summed E-state index contributed by atoms with van der Waals surface area (Å²) in [7, 11) is 0. The molecule has 0 aliphatic carbocycles. The van der Waals surface area contributed by atoms with E-state index in [-0.39, 0.29) is 5.60 Å². The fourth-order valence-corrected chi connectivity index (χ4v) is 2.15. The molecule has 3 heteroatoms. The van der Waals surface area contributed by atoms with Gasteiger partial charge in [-0.05, 0) is 30.4 Å². The Morgan fingerprint density at radius 2 is 1.81 bits per heavy atom. The number of epoxide rings is 1. The molecule has 0 aromatic heterocycles. The summed E-state index contributed by atoms with van der Waals surface area (Å²) in [5.41, 5.74) is 2.14. The molecule has 1 aromatic carbocycles. The van der Waals surface area contributed by atoms with E-state index >= 15 is 0 Å². The normalized spacial score (nSPS) is 21.1. The van der Waals surface area contributed by atoms with Gasteiger partial charge < -0.3 is 14.2 Å². The molecule has 0 spiro atoms. The lowest BCUT2D eigenvalue weighted by Crippen LogP contribution is -2.11. The predicted octanol–water partition coefficient (Wildman–Crippen LogP) is 4.14. The molecule has 0 amide bonds. The van der Waals surface area contributed by atoms with Gasteiger partial charge in [0.2, 0.25) is 0 Å². The van der Waals surface area contributed by atoms with Gasteiger partial charge in [0.05, 0.1) is 19.8 Å². The highest BCUT2D eigenvalue weighted by atomic mass is 16.6. The van der Waals surface area contributed by atoms with Gasteiger partial charge in [-0.1, -0.05) is 39.8 Å². The predicted molar refractivity (Wildman–Crippen MR) is 84.6 cm³/mol. The van der Waals surface area contributed by atoms with Crippen molar-refractivity contribution in [3.8, 4) is 5.75 Å². The Morgan fingerprint density at radius 1 is 1.14 bits per heavy atom. The molecule has 1 aromatic rings. The van der Waals surface area contributed by atoms with E-state index in [0.717, 1.165) is 36.7 Å². The maximum absolute atomic E-state index is 6.00. The molecule has 1 heterocycles. The average Bonchev–Trinajstić information content (AvgIpc) is 3.15. The van der Waals surface area contributed by atoms with Gasteiger partial charge in [-0.15, -0.1) is 0 Å². The minimum Gasteiger partial charge on any atom is -0.493 e. The lowest BCUT2D eigenvalue weighted by molar-refractivity contribution is 0.0968. The molecule has 0 saturated carbocycles. The highest BCUT2D eigenvalue weighted by Crippen LogP contribution is 2.43. The molecule has 21 heavy (non-hydrogen) atoms. The van der Waals surface area contributed by atoms with Gasteiger partial charge >= 0.3 is 0 Å². The molecule has 0 N–H and O–H groups in total. The first-order valence-corrected chi connectivity index (χ1v) is 7.88. The lowest BCUT2D eigenvalue weighted by atomic mass is 9.99. The topological polar surface area (TPSA) is 31.0 Å². The van der Waals surface area contributed by atoms with E-state index in [1.165, 1.54) is 0 Å². The van der Waals surface area contributed by atoms with Gasteiger partial charge in [0.1, 0.15) is 11.4 Å². The molecule has 0 bridgehead atoms. The van der Waals surface area contributed by atoms with Crippen molar-refractivity contribution in [2.24, 2.45) is 11.8 Å². The maximum atomic E-state index is 6.00. The van der Waals surface area contributed by atoms with Crippen molar-refractivity contribution in [3.63, 3.8) is 0 Å². The molecule has 1 atom stereocenters. The second-order valence-corrected chi connectivity index (χ2v) is 6.96. The fraction of sp³-hybridized carbons (Fsp3) is 0.667. The summed E-state index contributed by atoms with van der Waals surface area (Å²) in [6.07, 6.45) is 0. The number of rotatable bonds is 8. The molecule has 2 rings (SSSR count). The lowest BCUT2D eigenvalue weighted by Gasteiger charge is -2.17. The van der Waals surface area contributed by atoms with Crippen LogP contribution in [0.4, 0.5) is 0 Å². The van der Waals surface area contributed by atoms with E-state index in [4.69, 9.17) is 14.2 Å². The van der Waals surface area contributed by atoms with Crippen LogP contribution in [-0.4, -0.2) is 19.8 Å². The van der Waals surface area contributed by atoms with E-state index in [9.17, 15) is 0 Å². The third kappa shape index (κ3) is 4.72. The van der Waals surface area contributed by atoms with Crippen molar-refractivity contribution in [1.29, 1.82) is 0 Å².